The number of nitrogens with zero attached hydrogens (tertiary/aromatic N) is 1. The van der Waals surface area contributed by atoms with Crippen LogP contribution in [-0.4, -0.2) is 36.2 Å². The molecular weight excluding hydrogens is 276 g/mol. The van der Waals surface area contributed by atoms with E-state index in [0.29, 0.717) is 29.5 Å². The van der Waals surface area contributed by atoms with Gasteiger partial charge in [-0.05, 0) is 56.1 Å². The Labute approximate surface area is 123 Å². The standard InChI is InChI=1S/C15H19ClN2O2/c16-13-3-1-12(2-4-13)14(19)10-18-7-5-11(6-8-18)9-15(17)20/h1-4,11H,5-10H2,(H2,17,20). The number of halogens is 1. The van der Waals surface area contributed by atoms with Gasteiger partial charge in [0.2, 0.25) is 5.91 Å². The molecule has 4 nitrogen and oxygen atoms in total. The Morgan fingerprint density at radius 1 is 1.20 bits per heavy atom. The molecule has 1 aromatic rings. The van der Waals surface area contributed by atoms with E-state index in [2.05, 4.69) is 4.90 Å². The fraction of sp³-hybridized carbons (Fsp3) is 0.467. The third-order valence-corrected chi connectivity index (χ3v) is 3.98. The molecule has 2 N–H and O–H groups in total. The number of primary amides is 1. The van der Waals surface area contributed by atoms with Gasteiger partial charge < -0.3 is 5.73 Å². The summed E-state index contributed by atoms with van der Waals surface area (Å²) in [5, 5.41) is 0.633. The van der Waals surface area contributed by atoms with Crippen LogP contribution in [0.4, 0.5) is 0 Å². The van der Waals surface area contributed by atoms with Gasteiger partial charge in [-0.1, -0.05) is 11.6 Å². The summed E-state index contributed by atoms with van der Waals surface area (Å²) in [5.41, 5.74) is 5.90. The average molecular weight is 295 g/mol. The number of benzene rings is 1. The molecule has 0 saturated carbocycles. The van der Waals surface area contributed by atoms with E-state index in [-0.39, 0.29) is 11.7 Å². The smallest absolute Gasteiger partial charge is 0.217 e. The summed E-state index contributed by atoms with van der Waals surface area (Å²) < 4.78 is 0. The van der Waals surface area contributed by atoms with Gasteiger partial charge in [0.15, 0.2) is 5.78 Å². The number of carbonyl (C=O) groups excluding carboxylic acids is 2. The van der Waals surface area contributed by atoms with Crippen LogP contribution in [-0.2, 0) is 4.79 Å². The molecule has 2 rings (SSSR count). The van der Waals surface area contributed by atoms with E-state index < -0.39 is 0 Å². The van der Waals surface area contributed by atoms with Crippen molar-refractivity contribution in [3.8, 4) is 0 Å². The summed E-state index contributed by atoms with van der Waals surface area (Å²) in [6, 6.07) is 6.97. The Kier molecular flexibility index (Phi) is 5.15. The number of ketones is 1. The van der Waals surface area contributed by atoms with Gasteiger partial charge in [0.1, 0.15) is 0 Å². The van der Waals surface area contributed by atoms with E-state index in [1.165, 1.54) is 0 Å². The predicted octanol–water partition coefficient (Wildman–Crippen LogP) is 2.11. The number of likely N-dealkylation sites (tertiary alicyclic amines) is 1. The van der Waals surface area contributed by atoms with Crippen LogP contribution in [0.25, 0.3) is 0 Å². The Morgan fingerprint density at radius 2 is 1.80 bits per heavy atom. The largest absolute Gasteiger partial charge is 0.370 e. The maximum absolute atomic E-state index is 12.1. The van der Waals surface area contributed by atoms with Crippen molar-refractivity contribution in [3.05, 3.63) is 34.9 Å². The zero-order valence-corrected chi connectivity index (χ0v) is 12.1. The zero-order valence-electron chi connectivity index (χ0n) is 11.3. The van der Waals surface area contributed by atoms with E-state index in [0.717, 1.165) is 25.9 Å². The normalized spacial score (nSPS) is 17.1. The topological polar surface area (TPSA) is 63.4 Å². The first-order chi connectivity index (χ1) is 9.54. The maximum atomic E-state index is 12.1. The Bertz CT molecular complexity index is 479. The number of piperidine rings is 1. The molecule has 1 saturated heterocycles. The number of carbonyl (C=O) groups is 2. The summed E-state index contributed by atoms with van der Waals surface area (Å²) in [4.78, 5) is 25.1. The summed E-state index contributed by atoms with van der Waals surface area (Å²) in [6.45, 7) is 2.11. The quantitative estimate of drug-likeness (QED) is 0.846. The monoisotopic (exact) mass is 294 g/mol. The van der Waals surface area contributed by atoms with Gasteiger partial charge in [0, 0.05) is 17.0 Å². The van der Waals surface area contributed by atoms with Crippen LogP contribution >= 0.6 is 11.6 Å². The SMILES string of the molecule is NC(=O)CC1CCN(CC(=O)c2ccc(Cl)cc2)CC1. The number of hydrogen-bond donors (Lipinski definition) is 1. The van der Waals surface area contributed by atoms with Gasteiger partial charge in [-0.3, -0.25) is 14.5 Å². The highest BCUT2D eigenvalue weighted by Gasteiger charge is 2.22. The minimum Gasteiger partial charge on any atom is -0.370 e. The zero-order chi connectivity index (χ0) is 14.5. The van der Waals surface area contributed by atoms with Gasteiger partial charge in [-0.25, -0.2) is 0 Å². The molecule has 5 heteroatoms. The first-order valence-corrected chi connectivity index (χ1v) is 7.22. The highest BCUT2D eigenvalue weighted by molar-refractivity contribution is 6.30. The number of rotatable bonds is 5. The van der Waals surface area contributed by atoms with E-state index in [4.69, 9.17) is 17.3 Å². The second-order valence-corrected chi connectivity index (χ2v) is 5.76. The molecule has 0 atom stereocenters. The molecule has 1 aliphatic heterocycles. The predicted molar refractivity (Wildman–Crippen MR) is 78.8 cm³/mol. The third kappa shape index (κ3) is 4.32. The molecule has 1 aromatic carbocycles. The van der Waals surface area contributed by atoms with Crippen LogP contribution in [0.1, 0.15) is 29.6 Å². The van der Waals surface area contributed by atoms with E-state index >= 15 is 0 Å². The number of Topliss-reactive ketones (excluding diaryl/α,β-unsaturated/α-hetero) is 1. The van der Waals surface area contributed by atoms with Crippen LogP contribution < -0.4 is 5.73 Å². The van der Waals surface area contributed by atoms with Crippen molar-refractivity contribution in [2.75, 3.05) is 19.6 Å². The molecule has 0 bridgehead atoms. The van der Waals surface area contributed by atoms with E-state index in [9.17, 15) is 9.59 Å². The Balaban J connectivity index is 1.82. The number of amides is 1. The van der Waals surface area contributed by atoms with Crippen molar-refractivity contribution >= 4 is 23.3 Å². The second kappa shape index (κ2) is 6.86. The van der Waals surface area contributed by atoms with Crippen molar-refractivity contribution in [2.45, 2.75) is 19.3 Å². The highest BCUT2D eigenvalue weighted by atomic mass is 35.5. The van der Waals surface area contributed by atoms with Gasteiger partial charge in [-0.15, -0.1) is 0 Å². The van der Waals surface area contributed by atoms with Gasteiger partial charge in [0.25, 0.3) is 0 Å². The molecule has 0 aromatic heterocycles. The molecule has 1 fully saturated rings. The maximum Gasteiger partial charge on any atom is 0.217 e. The van der Waals surface area contributed by atoms with Crippen LogP contribution in [0.15, 0.2) is 24.3 Å². The van der Waals surface area contributed by atoms with Crippen molar-refractivity contribution in [3.63, 3.8) is 0 Å². The van der Waals surface area contributed by atoms with Crippen LogP contribution in [0.3, 0.4) is 0 Å². The van der Waals surface area contributed by atoms with Crippen LogP contribution in [0.2, 0.25) is 5.02 Å². The lowest BCUT2D eigenvalue weighted by molar-refractivity contribution is -0.119. The van der Waals surface area contributed by atoms with Crippen LogP contribution in [0, 0.1) is 5.92 Å². The van der Waals surface area contributed by atoms with Gasteiger partial charge in [-0.2, -0.15) is 0 Å². The summed E-state index contributed by atoms with van der Waals surface area (Å²) >= 11 is 5.81. The van der Waals surface area contributed by atoms with Crippen molar-refractivity contribution < 1.29 is 9.59 Å². The molecular formula is C15H19ClN2O2. The molecule has 1 heterocycles. The van der Waals surface area contributed by atoms with Gasteiger partial charge in [0.05, 0.1) is 6.54 Å². The molecule has 0 radical (unpaired) electrons. The van der Waals surface area contributed by atoms with Crippen molar-refractivity contribution in [2.24, 2.45) is 11.7 Å². The number of hydrogen-bond acceptors (Lipinski definition) is 3. The fourth-order valence-electron chi connectivity index (χ4n) is 2.56. The first kappa shape index (κ1) is 15.0. The number of nitrogens with two attached hydrogens (primary N) is 1. The molecule has 0 spiro atoms. The Hall–Kier alpha value is -1.39. The summed E-state index contributed by atoms with van der Waals surface area (Å²) in [7, 11) is 0. The molecule has 1 amide bonds. The van der Waals surface area contributed by atoms with Gasteiger partial charge >= 0.3 is 0 Å². The first-order valence-electron chi connectivity index (χ1n) is 6.84. The lowest BCUT2D eigenvalue weighted by Gasteiger charge is -2.30. The van der Waals surface area contributed by atoms with E-state index in [1.807, 2.05) is 0 Å². The lowest BCUT2D eigenvalue weighted by Crippen LogP contribution is -2.38. The molecule has 108 valence electrons. The fourth-order valence-corrected chi connectivity index (χ4v) is 2.69. The minimum absolute atomic E-state index is 0.106. The average Bonchev–Trinajstić information content (AvgIpc) is 2.41. The third-order valence-electron chi connectivity index (χ3n) is 3.73. The molecule has 20 heavy (non-hydrogen) atoms. The van der Waals surface area contributed by atoms with E-state index in [1.54, 1.807) is 24.3 Å². The molecule has 1 aliphatic rings. The lowest BCUT2D eigenvalue weighted by atomic mass is 9.93. The van der Waals surface area contributed by atoms with Crippen molar-refractivity contribution in [1.29, 1.82) is 0 Å². The second-order valence-electron chi connectivity index (χ2n) is 5.32. The summed E-state index contributed by atoms with van der Waals surface area (Å²) in [6.07, 6.45) is 2.31. The minimum atomic E-state index is -0.235. The van der Waals surface area contributed by atoms with Crippen LogP contribution in [0.5, 0.6) is 0 Å². The van der Waals surface area contributed by atoms with Crippen molar-refractivity contribution in [1.82, 2.24) is 4.90 Å². The molecule has 0 unspecified atom stereocenters. The summed E-state index contributed by atoms with van der Waals surface area (Å²) in [5.74, 6) is 0.241. The highest BCUT2D eigenvalue weighted by Crippen LogP contribution is 2.20. The molecule has 0 aliphatic carbocycles. The Morgan fingerprint density at radius 3 is 2.35 bits per heavy atom.